The minimum atomic E-state index is -3.47. The van der Waals surface area contributed by atoms with E-state index >= 15 is 0 Å². The molecule has 1 aromatic rings. The molecule has 0 radical (unpaired) electrons. The molecule has 138 valence electrons. The van der Waals surface area contributed by atoms with E-state index in [1.54, 1.807) is 31.1 Å². The first-order chi connectivity index (χ1) is 11.7. The number of benzene rings is 1. The Morgan fingerprint density at radius 2 is 1.76 bits per heavy atom. The molecule has 6 nitrogen and oxygen atoms in total. The van der Waals surface area contributed by atoms with Crippen LogP contribution >= 0.6 is 0 Å². The Morgan fingerprint density at radius 1 is 1.16 bits per heavy atom. The highest BCUT2D eigenvalue weighted by atomic mass is 32.2. The fourth-order valence-corrected chi connectivity index (χ4v) is 5.08. The maximum absolute atomic E-state index is 12.8. The number of carbonyl (C=O) groups is 1. The molecular weight excluding hydrogens is 340 g/mol. The molecular formula is C18H26N2O4S. The van der Waals surface area contributed by atoms with Crippen LogP contribution in [-0.4, -0.2) is 62.4 Å². The average Bonchev–Trinajstić information content (AvgIpc) is 2.98. The molecule has 25 heavy (non-hydrogen) atoms. The van der Waals surface area contributed by atoms with Crippen molar-refractivity contribution in [2.75, 3.05) is 27.2 Å². The Kier molecular flexibility index (Phi) is 4.92. The third-order valence-electron chi connectivity index (χ3n) is 5.26. The van der Waals surface area contributed by atoms with Crippen molar-refractivity contribution in [3.63, 3.8) is 0 Å². The number of likely N-dealkylation sites (N-methyl/N-ethyl adjacent to an activating group) is 1. The molecule has 0 N–H and O–H groups in total. The Balaban J connectivity index is 1.66. The van der Waals surface area contributed by atoms with Gasteiger partial charge < -0.3 is 9.64 Å². The van der Waals surface area contributed by atoms with Gasteiger partial charge >= 0.3 is 0 Å². The summed E-state index contributed by atoms with van der Waals surface area (Å²) in [5, 5.41) is 0. The van der Waals surface area contributed by atoms with Crippen LogP contribution in [0, 0.1) is 6.92 Å². The predicted octanol–water partition coefficient (Wildman–Crippen LogP) is 1.79. The van der Waals surface area contributed by atoms with Crippen LogP contribution in [0.2, 0.25) is 0 Å². The Hall–Kier alpha value is -1.44. The minimum absolute atomic E-state index is 0.00779. The maximum atomic E-state index is 12.8. The lowest BCUT2D eigenvalue weighted by Crippen LogP contribution is -2.47. The van der Waals surface area contributed by atoms with Gasteiger partial charge in [-0.3, -0.25) is 4.79 Å². The van der Waals surface area contributed by atoms with Gasteiger partial charge in [-0.2, -0.15) is 4.31 Å². The summed E-state index contributed by atoms with van der Waals surface area (Å²) in [5.41, 5.74) is 0.683. The highest BCUT2D eigenvalue weighted by Crippen LogP contribution is 2.40. The lowest BCUT2D eigenvalue weighted by molar-refractivity contribution is -0.147. The van der Waals surface area contributed by atoms with Crippen molar-refractivity contribution < 1.29 is 17.9 Å². The molecule has 0 aromatic heterocycles. The lowest BCUT2D eigenvalue weighted by atomic mass is 9.89. The molecule has 1 atom stereocenters. The van der Waals surface area contributed by atoms with Gasteiger partial charge in [0, 0.05) is 27.2 Å². The van der Waals surface area contributed by atoms with E-state index in [1.165, 1.54) is 4.31 Å². The summed E-state index contributed by atoms with van der Waals surface area (Å²) in [6.07, 6.45) is 2.40. The number of carbonyl (C=O) groups excluding carboxylic acids is 1. The fourth-order valence-electron chi connectivity index (χ4n) is 3.64. The smallest absolute Gasteiger partial charge is 0.251 e. The van der Waals surface area contributed by atoms with Crippen molar-refractivity contribution in [1.82, 2.24) is 9.21 Å². The van der Waals surface area contributed by atoms with Crippen LogP contribution in [0.3, 0.4) is 0 Å². The van der Waals surface area contributed by atoms with E-state index < -0.39 is 16.1 Å². The number of nitrogens with zero attached hydrogens (tertiary/aromatic N) is 2. The number of ether oxygens (including phenoxy) is 1. The van der Waals surface area contributed by atoms with Crippen molar-refractivity contribution in [3.8, 4) is 0 Å². The molecule has 3 rings (SSSR count). The van der Waals surface area contributed by atoms with Crippen molar-refractivity contribution >= 4 is 15.9 Å². The maximum Gasteiger partial charge on any atom is 0.251 e. The van der Waals surface area contributed by atoms with Crippen molar-refractivity contribution in [1.29, 1.82) is 0 Å². The summed E-state index contributed by atoms with van der Waals surface area (Å²) < 4.78 is 33.2. The van der Waals surface area contributed by atoms with E-state index in [2.05, 4.69) is 0 Å². The van der Waals surface area contributed by atoms with Gasteiger partial charge in [-0.05, 0) is 44.7 Å². The first-order valence-corrected chi connectivity index (χ1v) is 10.1. The molecule has 1 amide bonds. The van der Waals surface area contributed by atoms with Crippen LogP contribution < -0.4 is 0 Å². The lowest BCUT2D eigenvalue weighted by Gasteiger charge is -2.38. The number of piperidine rings is 1. The first-order valence-electron chi connectivity index (χ1n) is 8.69. The van der Waals surface area contributed by atoms with E-state index in [1.807, 2.05) is 19.1 Å². The molecule has 1 unspecified atom stereocenters. The molecule has 1 spiro atoms. The Labute approximate surface area is 149 Å². The van der Waals surface area contributed by atoms with E-state index in [4.69, 9.17) is 4.74 Å². The highest BCUT2D eigenvalue weighted by Gasteiger charge is 2.46. The quantitative estimate of drug-likeness (QED) is 0.818. The Bertz CT molecular complexity index is 735. The van der Waals surface area contributed by atoms with Crippen LogP contribution in [-0.2, 0) is 19.6 Å². The second kappa shape index (κ2) is 6.70. The average molecular weight is 366 g/mol. The van der Waals surface area contributed by atoms with Crippen LogP contribution in [0.1, 0.15) is 31.2 Å². The topological polar surface area (TPSA) is 66.9 Å². The summed E-state index contributed by atoms with van der Waals surface area (Å²) in [6, 6.07) is 6.95. The monoisotopic (exact) mass is 366 g/mol. The van der Waals surface area contributed by atoms with Gasteiger partial charge in [0.15, 0.2) is 0 Å². The van der Waals surface area contributed by atoms with Gasteiger partial charge in [-0.1, -0.05) is 17.7 Å². The summed E-state index contributed by atoms with van der Waals surface area (Å²) in [4.78, 5) is 14.0. The third kappa shape index (κ3) is 3.59. The number of rotatable bonds is 3. The zero-order chi connectivity index (χ0) is 18.2. The zero-order valence-corrected chi connectivity index (χ0v) is 15.9. The number of amides is 1. The zero-order valence-electron chi connectivity index (χ0n) is 15.1. The van der Waals surface area contributed by atoms with Gasteiger partial charge in [-0.25, -0.2) is 8.42 Å². The number of hydrogen-bond donors (Lipinski definition) is 0. The minimum Gasteiger partial charge on any atom is -0.362 e. The molecule has 7 heteroatoms. The van der Waals surface area contributed by atoms with Crippen LogP contribution in [0.4, 0.5) is 0 Å². The molecule has 2 heterocycles. The van der Waals surface area contributed by atoms with E-state index in [9.17, 15) is 13.2 Å². The molecule has 0 saturated carbocycles. The van der Waals surface area contributed by atoms with Crippen LogP contribution in [0.25, 0.3) is 0 Å². The van der Waals surface area contributed by atoms with Crippen LogP contribution in [0.5, 0.6) is 0 Å². The fraction of sp³-hybridized carbons (Fsp3) is 0.611. The highest BCUT2D eigenvalue weighted by molar-refractivity contribution is 7.89. The Morgan fingerprint density at radius 3 is 2.32 bits per heavy atom. The van der Waals surface area contributed by atoms with Crippen molar-refractivity contribution in [2.45, 2.75) is 49.2 Å². The summed E-state index contributed by atoms with van der Waals surface area (Å²) >= 11 is 0. The van der Waals surface area contributed by atoms with Crippen LogP contribution in [0.15, 0.2) is 29.2 Å². The first kappa shape index (κ1) is 18.4. The summed E-state index contributed by atoms with van der Waals surface area (Å²) in [5.74, 6) is -0.00779. The van der Waals surface area contributed by atoms with Gasteiger partial charge in [0.1, 0.15) is 6.10 Å². The number of hydrogen-bond acceptors (Lipinski definition) is 4. The molecule has 0 aliphatic carbocycles. The molecule has 2 fully saturated rings. The second-order valence-corrected chi connectivity index (χ2v) is 9.22. The predicted molar refractivity (Wildman–Crippen MR) is 94.7 cm³/mol. The molecule has 0 bridgehead atoms. The SMILES string of the molecule is Cc1ccc(S(=O)(=O)N2CCC3(CCC(C(=O)N(C)C)O3)CC2)cc1. The van der Waals surface area contributed by atoms with Gasteiger partial charge in [0.25, 0.3) is 5.91 Å². The normalized spacial score (nSPS) is 23.7. The number of sulfonamides is 1. The van der Waals surface area contributed by atoms with Crippen molar-refractivity contribution in [2.24, 2.45) is 0 Å². The molecule has 2 aliphatic heterocycles. The molecule has 2 saturated heterocycles. The van der Waals surface area contributed by atoms with Gasteiger partial charge in [0.2, 0.25) is 10.0 Å². The summed E-state index contributed by atoms with van der Waals surface area (Å²) in [7, 11) is -0.00649. The number of aryl methyl sites for hydroxylation is 1. The van der Waals surface area contributed by atoms with Gasteiger partial charge in [-0.15, -0.1) is 0 Å². The largest absolute Gasteiger partial charge is 0.362 e. The van der Waals surface area contributed by atoms with Crippen molar-refractivity contribution in [3.05, 3.63) is 29.8 Å². The molecule has 1 aromatic carbocycles. The summed E-state index contributed by atoms with van der Waals surface area (Å²) in [6.45, 7) is 2.79. The standard InChI is InChI=1S/C18H26N2O4S/c1-14-4-6-15(7-5-14)25(22,23)20-12-10-18(11-13-20)9-8-16(24-18)17(21)19(2)3/h4-7,16H,8-13H2,1-3H3. The second-order valence-electron chi connectivity index (χ2n) is 7.28. The molecule has 2 aliphatic rings. The van der Waals surface area contributed by atoms with E-state index in [-0.39, 0.29) is 11.5 Å². The third-order valence-corrected chi connectivity index (χ3v) is 7.18. The van der Waals surface area contributed by atoms with E-state index in [0.717, 1.165) is 12.0 Å². The van der Waals surface area contributed by atoms with E-state index in [0.29, 0.717) is 37.2 Å². The van der Waals surface area contributed by atoms with Gasteiger partial charge in [0.05, 0.1) is 10.5 Å².